The fourth-order valence-electron chi connectivity index (χ4n) is 3.20. The van der Waals surface area contributed by atoms with Gasteiger partial charge in [0.1, 0.15) is 10.7 Å². The van der Waals surface area contributed by atoms with Crippen LogP contribution in [0.4, 0.5) is 4.39 Å². The molecule has 0 saturated carbocycles. The number of hydrogen-bond acceptors (Lipinski definition) is 2. The molecule has 0 unspecified atom stereocenters. The van der Waals surface area contributed by atoms with Gasteiger partial charge in [-0.25, -0.2) is 12.8 Å². The SMILES string of the molecule is Cc1cccc(C2=C(c3ccc(S(C)(=O)=O)c(F)c3)CCC2)c1. The number of rotatable bonds is 3. The van der Waals surface area contributed by atoms with E-state index in [1.807, 2.05) is 6.07 Å². The van der Waals surface area contributed by atoms with Crippen LogP contribution >= 0.6 is 0 Å². The van der Waals surface area contributed by atoms with E-state index < -0.39 is 15.7 Å². The van der Waals surface area contributed by atoms with Crippen molar-refractivity contribution >= 4 is 21.0 Å². The van der Waals surface area contributed by atoms with Gasteiger partial charge in [0.05, 0.1) is 0 Å². The molecule has 0 saturated heterocycles. The van der Waals surface area contributed by atoms with Crippen molar-refractivity contribution in [1.29, 1.82) is 0 Å². The van der Waals surface area contributed by atoms with Gasteiger partial charge < -0.3 is 0 Å². The van der Waals surface area contributed by atoms with E-state index >= 15 is 0 Å². The lowest BCUT2D eigenvalue weighted by atomic mass is 9.96. The predicted molar refractivity (Wildman–Crippen MR) is 91.4 cm³/mol. The smallest absolute Gasteiger partial charge is 0.178 e. The summed E-state index contributed by atoms with van der Waals surface area (Å²) in [4.78, 5) is -0.239. The lowest BCUT2D eigenvalue weighted by Gasteiger charge is -2.10. The Labute approximate surface area is 136 Å². The zero-order valence-electron chi connectivity index (χ0n) is 13.3. The average Bonchev–Trinajstić information content (AvgIpc) is 2.95. The minimum Gasteiger partial charge on any atom is -0.224 e. The lowest BCUT2D eigenvalue weighted by Crippen LogP contribution is -2.01. The second-order valence-electron chi connectivity index (χ2n) is 6.10. The molecule has 23 heavy (non-hydrogen) atoms. The van der Waals surface area contributed by atoms with Gasteiger partial charge in [0, 0.05) is 6.26 Å². The number of aryl methyl sites for hydroxylation is 1. The van der Waals surface area contributed by atoms with E-state index in [0.717, 1.165) is 36.7 Å². The maximum atomic E-state index is 14.2. The molecule has 0 heterocycles. The van der Waals surface area contributed by atoms with Crippen molar-refractivity contribution in [2.24, 2.45) is 0 Å². The molecule has 1 aliphatic carbocycles. The molecule has 3 rings (SSSR count). The quantitative estimate of drug-likeness (QED) is 0.822. The van der Waals surface area contributed by atoms with Crippen LogP contribution in [0.2, 0.25) is 0 Å². The molecule has 2 aromatic carbocycles. The molecule has 2 aromatic rings. The summed E-state index contributed by atoms with van der Waals surface area (Å²) in [5, 5.41) is 0. The Morgan fingerprint density at radius 1 is 0.957 bits per heavy atom. The molecule has 0 bridgehead atoms. The average molecular weight is 330 g/mol. The van der Waals surface area contributed by atoms with Gasteiger partial charge in [-0.2, -0.15) is 0 Å². The van der Waals surface area contributed by atoms with Gasteiger partial charge in [-0.1, -0.05) is 35.9 Å². The molecule has 1 aliphatic rings. The minimum atomic E-state index is -3.54. The molecule has 0 amide bonds. The molecule has 0 fully saturated rings. The molecule has 0 spiro atoms. The molecular formula is C19H19FO2S. The van der Waals surface area contributed by atoms with E-state index in [1.54, 1.807) is 6.07 Å². The maximum Gasteiger partial charge on any atom is 0.178 e. The van der Waals surface area contributed by atoms with Crippen LogP contribution in [-0.2, 0) is 9.84 Å². The normalized spacial score (nSPS) is 15.3. The van der Waals surface area contributed by atoms with E-state index in [2.05, 4.69) is 25.1 Å². The van der Waals surface area contributed by atoms with Crippen molar-refractivity contribution in [3.8, 4) is 0 Å². The van der Waals surface area contributed by atoms with Gasteiger partial charge in [0.15, 0.2) is 9.84 Å². The molecule has 0 aliphatic heterocycles. The Morgan fingerprint density at radius 3 is 2.17 bits per heavy atom. The van der Waals surface area contributed by atoms with Gasteiger partial charge in [-0.05, 0) is 60.6 Å². The zero-order chi connectivity index (χ0) is 16.6. The summed E-state index contributed by atoms with van der Waals surface area (Å²) in [6, 6.07) is 12.7. The van der Waals surface area contributed by atoms with Crippen LogP contribution < -0.4 is 0 Å². The van der Waals surface area contributed by atoms with Crippen LogP contribution in [-0.4, -0.2) is 14.7 Å². The fraction of sp³-hybridized carbons (Fsp3) is 0.263. The Hall–Kier alpha value is -1.94. The van der Waals surface area contributed by atoms with E-state index in [9.17, 15) is 12.8 Å². The van der Waals surface area contributed by atoms with Gasteiger partial charge in [-0.15, -0.1) is 0 Å². The maximum absolute atomic E-state index is 14.2. The van der Waals surface area contributed by atoms with Crippen LogP contribution in [0, 0.1) is 12.7 Å². The van der Waals surface area contributed by atoms with E-state index in [4.69, 9.17) is 0 Å². The number of allylic oxidation sites excluding steroid dienone is 2. The molecule has 0 N–H and O–H groups in total. The summed E-state index contributed by atoms with van der Waals surface area (Å²) in [7, 11) is -3.54. The van der Waals surface area contributed by atoms with Crippen molar-refractivity contribution in [1.82, 2.24) is 0 Å². The van der Waals surface area contributed by atoms with Crippen LogP contribution in [0.3, 0.4) is 0 Å². The molecule has 0 radical (unpaired) electrons. The van der Waals surface area contributed by atoms with Crippen LogP contribution in [0.1, 0.15) is 36.0 Å². The first-order valence-corrected chi connectivity index (χ1v) is 9.54. The summed E-state index contributed by atoms with van der Waals surface area (Å²) in [5.41, 5.74) is 5.50. The Bertz CT molecular complexity index is 895. The van der Waals surface area contributed by atoms with Crippen LogP contribution in [0.25, 0.3) is 11.1 Å². The number of sulfone groups is 1. The van der Waals surface area contributed by atoms with Crippen LogP contribution in [0.5, 0.6) is 0 Å². The second kappa shape index (κ2) is 5.93. The minimum absolute atomic E-state index is 0.239. The highest BCUT2D eigenvalue weighted by Crippen LogP contribution is 2.40. The first-order chi connectivity index (χ1) is 10.9. The monoisotopic (exact) mass is 330 g/mol. The van der Waals surface area contributed by atoms with Gasteiger partial charge in [0.25, 0.3) is 0 Å². The Kier molecular flexibility index (Phi) is 4.11. The summed E-state index contributed by atoms with van der Waals surface area (Å²) in [5.74, 6) is -0.673. The summed E-state index contributed by atoms with van der Waals surface area (Å²) >= 11 is 0. The highest BCUT2D eigenvalue weighted by molar-refractivity contribution is 7.90. The summed E-state index contributed by atoms with van der Waals surface area (Å²) in [6.45, 7) is 2.05. The van der Waals surface area contributed by atoms with Gasteiger partial charge in [-0.3, -0.25) is 0 Å². The Balaban J connectivity index is 2.10. The number of benzene rings is 2. The largest absolute Gasteiger partial charge is 0.224 e. The predicted octanol–water partition coefficient (Wildman–Crippen LogP) is 4.63. The van der Waals surface area contributed by atoms with E-state index in [0.29, 0.717) is 0 Å². The van der Waals surface area contributed by atoms with Crippen molar-refractivity contribution < 1.29 is 12.8 Å². The van der Waals surface area contributed by atoms with Crippen molar-refractivity contribution in [3.63, 3.8) is 0 Å². The topological polar surface area (TPSA) is 34.1 Å². The zero-order valence-corrected chi connectivity index (χ0v) is 14.1. The third kappa shape index (κ3) is 3.22. The third-order valence-corrected chi connectivity index (χ3v) is 5.39. The van der Waals surface area contributed by atoms with Crippen molar-refractivity contribution in [2.45, 2.75) is 31.1 Å². The van der Waals surface area contributed by atoms with Crippen molar-refractivity contribution in [2.75, 3.05) is 6.26 Å². The molecule has 120 valence electrons. The Morgan fingerprint density at radius 2 is 1.61 bits per heavy atom. The second-order valence-corrected chi connectivity index (χ2v) is 8.08. The standard InChI is InChI=1S/C19H19FO2S/c1-13-5-3-6-14(11-13)16-7-4-8-17(16)15-9-10-19(18(20)12-15)23(2,21)22/h3,5-6,9-12H,4,7-8H2,1-2H3. The summed E-state index contributed by atoms with van der Waals surface area (Å²) in [6.07, 6.45) is 3.92. The van der Waals surface area contributed by atoms with Crippen molar-refractivity contribution in [3.05, 3.63) is 65.0 Å². The molecule has 0 atom stereocenters. The summed E-state index contributed by atoms with van der Waals surface area (Å²) < 4.78 is 37.3. The van der Waals surface area contributed by atoms with E-state index in [1.165, 1.54) is 28.8 Å². The number of hydrogen-bond donors (Lipinski definition) is 0. The molecule has 4 heteroatoms. The molecular weight excluding hydrogens is 311 g/mol. The first-order valence-electron chi connectivity index (χ1n) is 7.65. The first kappa shape index (κ1) is 15.9. The molecule has 2 nitrogen and oxygen atoms in total. The highest BCUT2D eigenvalue weighted by atomic mass is 32.2. The van der Waals surface area contributed by atoms with Crippen LogP contribution in [0.15, 0.2) is 47.4 Å². The van der Waals surface area contributed by atoms with Gasteiger partial charge in [0.2, 0.25) is 0 Å². The third-order valence-electron chi connectivity index (χ3n) is 4.26. The van der Waals surface area contributed by atoms with Gasteiger partial charge >= 0.3 is 0 Å². The van der Waals surface area contributed by atoms with E-state index in [-0.39, 0.29) is 4.90 Å². The highest BCUT2D eigenvalue weighted by Gasteiger charge is 2.20. The molecule has 0 aromatic heterocycles. The lowest BCUT2D eigenvalue weighted by molar-refractivity contribution is 0.570. The fourth-order valence-corrected chi connectivity index (χ4v) is 3.93. The number of halogens is 1.